The van der Waals surface area contributed by atoms with Crippen molar-refractivity contribution in [3.8, 4) is 0 Å². The quantitative estimate of drug-likeness (QED) is 0.541. The molecule has 0 aliphatic carbocycles. The molecule has 0 aromatic carbocycles. The van der Waals surface area contributed by atoms with Crippen LogP contribution in [0.1, 0.15) is 13.8 Å². The van der Waals surface area contributed by atoms with Crippen LogP contribution in [0.15, 0.2) is 17.8 Å². The number of nitrogens with one attached hydrogen (secondary N) is 1. The van der Waals surface area contributed by atoms with Crippen molar-refractivity contribution in [3.05, 3.63) is 12.8 Å². The summed E-state index contributed by atoms with van der Waals surface area (Å²) in [6, 6.07) is 0. The smallest absolute Gasteiger partial charge is 0.364 e. The van der Waals surface area contributed by atoms with Gasteiger partial charge in [-0.25, -0.2) is 4.99 Å². The number of hydrogen-bond donors (Lipinski definition) is 1. The molecule has 0 heterocycles. The van der Waals surface area contributed by atoms with Crippen LogP contribution in [0, 0.1) is 5.92 Å². The van der Waals surface area contributed by atoms with Crippen molar-refractivity contribution < 1.29 is 13.2 Å². The molecule has 0 aliphatic heterocycles. The van der Waals surface area contributed by atoms with E-state index in [0.29, 0.717) is 5.84 Å². The minimum atomic E-state index is -4.21. The van der Waals surface area contributed by atoms with E-state index in [-0.39, 0.29) is 5.92 Å². The van der Waals surface area contributed by atoms with Gasteiger partial charge in [0, 0.05) is 12.1 Å². The molecule has 5 heteroatoms. The second-order valence-electron chi connectivity index (χ2n) is 2.82. The summed E-state index contributed by atoms with van der Waals surface area (Å²) in [4.78, 5) is 3.70. The Morgan fingerprint density at radius 3 is 2.38 bits per heavy atom. The average Bonchev–Trinajstić information content (AvgIpc) is 1.95. The molecule has 13 heavy (non-hydrogen) atoms. The van der Waals surface area contributed by atoms with E-state index >= 15 is 0 Å². The first-order valence-corrected chi connectivity index (χ1v) is 3.86. The van der Waals surface area contributed by atoms with Crippen molar-refractivity contribution in [2.45, 2.75) is 20.0 Å². The van der Waals surface area contributed by atoms with Crippen LogP contribution < -0.4 is 5.32 Å². The lowest BCUT2D eigenvalue weighted by molar-refractivity contribution is -0.122. The summed E-state index contributed by atoms with van der Waals surface area (Å²) in [5.74, 6) is 0.229. The van der Waals surface area contributed by atoms with Gasteiger partial charge in [0.05, 0.1) is 0 Å². The van der Waals surface area contributed by atoms with Gasteiger partial charge in [0.25, 0.3) is 0 Å². The summed E-state index contributed by atoms with van der Waals surface area (Å²) in [6.45, 7) is 5.77. The lowest BCUT2D eigenvalue weighted by Gasteiger charge is -2.13. The lowest BCUT2D eigenvalue weighted by Crippen LogP contribution is -2.36. The van der Waals surface area contributed by atoms with Crippen LogP contribution in [0.2, 0.25) is 0 Å². The highest BCUT2D eigenvalue weighted by Crippen LogP contribution is 2.12. The van der Waals surface area contributed by atoms with Gasteiger partial charge in [0.2, 0.25) is 0 Å². The first-order valence-electron chi connectivity index (χ1n) is 3.86. The molecule has 2 nitrogen and oxygen atoms in total. The van der Waals surface area contributed by atoms with Crippen molar-refractivity contribution in [1.29, 1.82) is 0 Å². The molecule has 0 aromatic heterocycles. The van der Waals surface area contributed by atoms with Gasteiger partial charge in [-0.05, 0) is 0 Å². The van der Waals surface area contributed by atoms with Crippen molar-refractivity contribution in [1.82, 2.24) is 5.32 Å². The minimum Gasteiger partial charge on any atom is -0.364 e. The molecule has 0 aliphatic rings. The maximum absolute atomic E-state index is 11.8. The van der Waals surface area contributed by atoms with Crippen LogP contribution in [0.5, 0.6) is 0 Å². The van der Waals surface area contributed by atoms with E-state index in [1.54, 1.807) is 13.8 Å². The molecular weight excluding hydrogens is 181 g/mol. The Morgan fingerprint density at radius 2 is 2.08 bits per heavy atom. The van der Waals surface area contributed by atoms with E-state index in [9.17, 15) is 13.2 Å². The molecule has 0 spiro atoms. The Bertz CT molecular complexity index is 194. The van der Waals surface area contributed by atoms with Gasteiger partial charge in [0.1, 0.15) is 12.4 Å². The maximum atomic E-state index is 11.8. The van der Waals surface area contributed by atoms with E-state index in [4.69, 9.17) is 0 Å². The second kappa shape index (κ2) is 4.89. The zero-order valence-corrected chi connectivity index (χ0v) is 7.65. The van der Waals surface area contributed by atoms with Crippen LogP contribution in [0.3, 0.4) is 0 Å². The number of nitrogens with zero attached hydrogens (tertiary/aromatic N) is 1. The van der Waals surface area contributed by atoms with E-state index in [1.165, 1.54) is 6.20 Å². The van der Waals surface area contributed by atoms with Crippen molar-refractivity contribution in [2.24, 2.45) is 10.9 Å². The Labute approximate surface area is 75.5 Å². The summed E-state index contributed by atoms with van der Waals surface area (Å²) in [5, 5.41) is 2.21. The Kier molecular flexibility index (Phi) is 4.51. The predicted molar refractivity (Wildman–Crippen MR) is 46.5 cm³/mol. The molecule has 0 amide bonds. The monoisotopic (exact) mass is 194 g/mol. The van der Waals surface area contributed by atoms with Crippen LogP contribution in [0.25, 0.3) is 0 Å². The van der Waals surface area contributed by atoms with Gasteiger partial charge in [-0.15, -0.1) is 0 Å². The van der Waals surface area contributed by atoms with Gasteiger partial charge in [-0.2, -0.15) is 13.2 Å². The molecule has 0 atom stereocenters. The summed E-state index contributed by atoms with van der Waals surface area (Å²) in [6.07, 6.45) is -2.99. The summed E-state index contributed by atoms with van der Waals surface area (Å²) >= 11 is 0. The summed E-state index contributed by atoms with van der Waals surface area (Å²) < 4.78 is 35.3. The van der Waals surface area contributed by atoms with Crippen LogP contribution in [0.4, 0.5) is 13.2 Å². The number of rotatable bonds is 3. The average molecular weight is 194 g/mol. The van der Waals surface area contributed by atoms with Crippen molar-refractivity contribution >= 4 is 5.84 Å². The molecule has 0 unspecified atom stereocenters. The van der Waals surface area contributed by atoms with Gasteiger partial charge in [0.15, 0.2) is 0 Å². The predicted octanol–water partition coefficient (Wildman–Crippen LogP) is 2.34. The third-order valence-electron chi connectivity index (χ3n) is 1.25. The van der Waals surface area contributed by atoms with Gasteiger partial charge < -0.3 is 5.32 Å². The topological polar surface area (TPSA) is 24.4 Å². The lowest BCUT2D eigenvalue weighted by atomic mass is 10.2. The third-order valence-corrected chi connectivity index (χ3v) is 1.25. The fraction of sp³-hybridized carbons (Fsp3) is 0.625. The standard InChI is InChI=1S/C8H13F3N2/c1-4-12-7(6(2)3)13-5-8(9,10)11/h4,6H,1,5H2,2-3H3,(H,12,13). The Hall–Kier alpha value is -1.00. The number of amidine groups is 1. The fourth-order valence-corrected chi connectivity index (χ4v) is 0.688. The van der Waals surface area contributed by atoms with Gasteiger partial charge >= 0.3 is 6.18 Å². The Morgan fingerprint density at radius 1 is 1.54 bits per heavy atom. The van der Waals surface area contributed by atoms with Crippen LogP contribution in [-0.4, -0.2) is 18.6 Å². The molecule has 76 valence electrons. The highest BCUT2D eigenvalue weighted by Gasteiger charge is 2.27. The molecule has 0 saturated carbocycles. The van der Waals surface area contributed by atoms with Crippen LogP contribution >= 0.6 is 0 Å². The molecule has 0 fully saturated rings. The Balaban J connectivity index is 4.14. The zero-order valence-electron chi connectivity index (χ0n) is 7.65. The largest absolute Gasteiger partial charge is 0.405 e. The summed E-state index contributed by atoms with van der Waals surface area (Å²) in [7, 11) is 0. The number of alkyl halides is 3. The molecule has 0 bridgehead atoms. The van der Waals surface area contributed by atoms with Crippen LogP contribution in [-0.2, 0) is 0 Å². The van der Waals surface area contributed by atoms with E-state index in [1.807, 2.05) is 0 Å². The van der Waals surface area contributed by atoms with Crippen molar-refractivity contribution in [2.75, 3.05) is 6.54 Å². The molecule has 0 saturated heterocycles. The zero-order chi connectivity index (χ0) is 10.5. The number of aliphatic imine (C=N–C) groups is 1. The molecule has 1 N–H and O–H groups in total. The van der Waals surface area contributed by atoms with Gasteiger partial charge in [-0.3, -0.25) is 0 Å². The second-order valence-corrected chi connectivity index (χ2v) is 2.82. The number of halogens is 3. The first kappa shape index (κ1) is 12.0. The molecule has 0 radical (unpaired) electrons. The van der Waals surface area contributed by atoms with E-state index in [2.05, 4.69) is 16.9 Å². The molecular formula is C8H13F3N2. The SMILES string of the molecule is C=C/N=C(/NCC(F)(F)F)C(C)C. The van der Waals surface area contributed by atoms with Gasteiger partial charge in [-0.1, -0.05) is 20.4 Å². The highest BCUT2D eigenvalue weighted by molar-refractivity contribution is 5.84. The van der Waals surface area contributed by atoms with E-state index < -0.39 is 12.7 Å². The maximum Gasteiger partial charge on any atom is 0.405 e. The highest BCUT2D eigenvalue weighted by atomic mass is 19.4. The van der Waals surface area contributed by atoms with E-state index in [0.717, 1.165) is 0 Å². The number of hydrogen-bond acceptors (Lipinski definition) is 1. The third kappa shape index (κ3) is 6.19. The van der Waals surface area contributed by atoms with Crippen molar-refractivity contribution in [3.63, 3.8) is 0 Å². The first-order chi connectivity index (χ1) is 5.87. The summed E-state index contributed by atoms with van der Waals surface area (Å²) in [5.41, 5.74) is 0. The molecule has 0 rings (SSSR count). The molecule has 0 aromatic rings. The normalized spacial score (nSPS) is 13.2. The minimum absolute atomic E-state index is 0.0691. The fourth-order valence-electron chi connectivity index (χ4n) is 0.688.